The molecule has 1 aromatic carbocycles. The molecule has 3 N–H and O–H groups in total. The summed E-state index contributed by atoms with van der Waals surface area (Å²) in [6.45, 7) is 7.80. The minimum Gasteiger partial charge on any atom is -0.382 e. The minimum atomic E-state index is 0.280. The second-order valence-electron chi connectivity index (χ2n) is 4.48. The van der Waals surface area contributed by atoms with Gasteiger partial charge in [-0.2, -0.15) is 0 Å². The molecular formula is C14H24N2O. The molecule has 0 aliphatic heterocycles. The molecule has 0 bridgehead atoms. The topological polar surface area (TPSA) is 47.3 Å². The Bertz CT molecular complexity index is 339. The highest BCUT2D eigenvalue weighted by atomic mass is 16.5. The molecule has 0 saturated carbocycles. The predicted molar refractivity (Wildman–Crippen MR) is 71.8 cm³/mol. The molecule has 0 radical (unpaired) electrons. The Labute approximate surface area is 104 Å². The van der Waals surface area contributed by atoms with Crippen molar-refractivity contribution in [2.45, 2.75) is 39.7 Å². The lowest BCUT2D eigenvalue weighted by Gasteiger charge is -2.17. The maximum atomic E-state index is 5.59. The third-order valence-electron chi connectivity index (χ3n) is 3.02. The lowest BCUT2D eigenvalue weighted by atomic mass is 9.98. The second-order valence-corrected chi connectivity index (χ2v) is 4.48. The van der Waals surface area contributed by atoms with Crippen molar-refractivity contribution in [3.63, 3.8) is 0 Å². The Morgan fingerprint density at radius 3 is 2.76 bits per heavy atom. The second kappa shape index (κ2) is 7.43. The van der Waals surface area contributed by atoms with Crippen LogP contribution in [0.1, 0.15) is 30.0 Å². The van der Waals surface area contributed by atoms with Crippen LogP contribution in [-0.2, 0) is 11.2 Å². The van der Waals surface area contributed by atoms with Crippen LogP contribution in [0.15, 0.2) is 18.2 Å². The smallest absolute Gasteiger partial charge is 0.0481 e. The SMILES string of the molecule is CCOCCC(Cc1cc(C)ccc1C)NN. The summed E-state index contributed by atoms with van der Waals surface area (Å²) < 4.78 is 5.36. The minimum absolute atomic E-state index is 0.280. The predicted octanol–water partition coefficient (Wildman–Crippen LogP) is 2.10. The van der Waals surface area contributed by atoms with Gasteiger partial charge >= 0.3 is 0 Å². The standard InChI is InChI=1S/C14H24N2O/c1-4-17-8-7-14(16-15)10-13-9-11(2)5-6-12(13)3/h5-6,9,14,16H,4,7-8,10,15H2,1-3H3. The van der Waals surface area contributed by atoms with Gasteiger partial charge in [0.25, 0.3) is 0 Å². The van der Waals surface area contributed by atoms with Crippen LogP contribution in [0.4, 0.5) is 0 Å². The van der Waals surface area contributed by atoms with E-state index in [1.807, 2.05) is 6.92 Å². The maximum Gasteiger partial charge on any atom is 0.0481 e. The van der Waals surface area contributed by atoms with E-state index in [1.54, 1.807) is 0 Å². The van der Waals surface area contributed by atoms with E-state index in [4.69, 9.17) is 10.6 Å². The van der Waals surface area contributed by atoms with E-state index in [2.05, 4.69) is 37.5 Å². The van der Waals surface area contributed by atoms with E-state index < -0.39 is 0 Å². The summed E-state index contributed by atoms with van der Waals surface area (Å²) in [5.74, 6) is 5.59. The van der Waals surface area contributed by atoms with Gasteiger partial charge in [0.15, 0.2) is 0 Å². The molecule has 0 aromatic heterocycles. The fourth-order valence-corrected chi connectivity index (χ4v) is 1.90. The number of benzene rings is 1. The van der Waals surface area contributed by atoms with Gasteiger partial charge in [0, 0.05) is 19.3 Å². The molecule has 96 valence electrons. The first kappa shape index (κ1) is 14.2. The molecule has 0 aliphatic rings. The molecule has 1 rings (SSSR count). The molecule has 0 spiro atoms. The van der Waals surface area contributed by atoms with Gasteiger partial charge in [-0.05, 0) is 44.7 Å². The summed E-state index contributed by atoms with van der Waals surface area (Å²) in [6, 6.07) is 6.83. The summed E-state index contributed by atoms with van der Waals surface area (Å²) in [4.78, 5) is 0. The lowest BCUT2D eigenvalue weighted by Crippen LogP contribution is -2.37. The van der Waals surface area contributed by atoms with Crippen molar-refractivity contribution in [3.8, 4) is 0 Å². The van der Waals surface area contributed by atoms with Gasteiger partial charge in [0.2, 0.25) is 0 Å². The van der Waals surface area contributed by atoms with E-state index in [-0.39, 0.29) is 6.04 Å². The third kappa shape index (κ3) is 4.86. The number of hydrogen-bond acceptors (Lipinski definition) is 3. The molecule has 17 heavy (non-hydrogen) atoms. The Hall–Kier alpha value is -0.900. The van der Waals surface area contributed by atoms with Gasteiger partial charge in [-0.25, -0.2) is 0 Å². The van der Waals surface area contributed by atoms with Crippen LogP contribution >= 0.6 is 0 Å². The van der Waals surface area contributed by atoms with Crippen LogP contribution in [0.2, 0.25) is 0 Å². The van der Waals surface area contributed by atoms with E-state index in [0.29, 0.717) is 0 Å². The van der Waals surface area contributed by atoms with Crippen molar-refractivity contribution in [2.75, 3.05) is 13.2 Å². The van der Waals surface area contributed by atoms with Gasteiger partial charge in [0.05, 0.1) is 0 Å². The molecular weight excluding hydrogens is 212 g/mol. The average molecular weight is 236 g/mol. The van der Waals surface area contributed by atoms with Gasteiger partial charge in [-0.3, -0.25) is 11.3 Å². The number of rotatable bonds is 7. The van der Waals surface area contributed by atoms with Crippen LogP contribution in [0.3, 0.4) is 0 Å². The fraction of sp³-hybridized carbons (Fsp3) is 0.571. The summed E-state index contributed by atoms with van der Waals surface area (Å²) >= 11 is 0. The van der Waals surface area contributed by atoms with Gasteiger partial charge in [0.1, 0.15) is 0 Å². The number of aryl methyl sites for hydroxylation is 2. The largest absolute Gasteiger partial charge is 0.382 e. The summed E-state index contributed by atoms with van der Waals surface area (Å²) in [5, 5.41) is 0. The first-order valence-electron chi connectivity index (χ1n) is 6.27. The van der Waals surface area contributed by atoms with Crippen LogP contribution in [-0.4, -0.2) is 19.3 Å². The molecule has 3 nitrogen and oxygen atoms in total. The molecule has 0 saturated heterocycles. The van der Waals surface area contributed by atoms with Crippen molar-refractivity contribution in [2.24, 2.45) is 5.84 Å². The number of nitrogens with two attached hydrogens (primary N) is 1. The highest BCUT2D eigenvalue weighted by Crippen LogP contribution is 2.13. The Kier molecular flexibility index (Phi) is 6.19. The molecule has 3 heteroatoms. The molecule has 1 aromatic rings. The van der Waals surface area contributed by atoms with Crippen molar-refractivity contribution >= 4 is 0 Å². The molecule has 1 atom stereocenters. The molecule has 0 heterocycles. The van der Waals surface area contributed by atoms with E-state index in [9.17, 15) is 0 Å². The third-order valence-corrected chi connectivity index (χ3v) is 3.02. The molecule has 0 aliphatic carbocycles. The van der Waals surface area contributed by atoms with Gasteiger partial charge in [-0.1, -0.05) is 23.8 Å². The molecule has 0 fully saturated rings. The molecule has 1 unspecified atom stereocenters. The van der Waals surface area contributed by atoms with Gasteiger partial charge in [-0.15, -0.1) is 0 Å². The number of ether oxygens (including phenoxy) is 1. The lowest BCUT2D eigenvalue weighted by molar-refractivity contribution is 0.136. The normalized spacial score (nSPS) is 12.7. The van der Waals surface area contributed by atoms with Crippen molar-refractivity contribution in [1.82, 2.24) is 5.43 Å². The number of hydrogen-bond donors (Lipinski definition) is 2. The van der Waals surface area contributed by atoms with Crippen LogP contribution in [0.25, 0.3) is 0 Å². The molecule has 0 amide bonds. The quantitative estimate of drug-likeness (QED) is 0.433. The Morgan fingerprint density at radius 1 is 1.35 bits per heavy atom. The van der Waals surface area contributed by atoms with Crippen molar-refractivity contribution in [3.05, 3.63) is 34.9 Å². The van der Waals surface area contributed by atoms with E-state index in [1.165, 1.54) is 16.7 Å². The maximum absolute atomic E-state index is 5.59. The zero-order chi connectivity index (χ0) is 12.7. The number of hydrazine groups is 1. The Balaban J connectivity index is 2.57. The Morgan fingerprint density at radius 2 is 2.12 bits per heavy atom. The summed E-state index contributed by atoms with van der Waals surface area (Å²) in [7, 11) is 0. The first-order valence-corrected chi connectivity index (χ1v) is 6.27. The first-order chi connectivity index (χ1) is 8.17. The van der Waals surface area contributed by atoms with E-state index in [0.717, 1.165) is 26.1 Å². The highest BCUT2D eigenvalue weighted by molar-refractivity contribution is 5.31. The van der Waals surface area contributed by atoms with Crippen molar-refractivity contribution in [1.29, 1.82) is 0 Å². The average Bonchev–Trinajstić information content (AvgIpc) is 2.32. The van der Waals surface area contributed by atoms with E-state index >= 15 is 0 Å². The monoisotopic (exact) mass is 236 g/mol. The van der Waals surface area contributed by atoms with Crippen LogP contribution in [0.5, 0.6) is 0 Å². The van der Waals surface area contributed by atoms with Crippen LogP contribution < -0.4 is 11.3 Å². The number of nitrogens with one attached hydrogen (secondary N) is 1. The van der Waals surface area contributed by atoms with Crippen molar-refractivity contribution < 1.29 is 4.74 Å². The zero-order valence-corrected chi connectivity index (χ0v) is 11.1. The fourth-order valence-electron chi connectivity index (χ4n) is 1.90. The van der Waals surface area contributed by atoms with Gasteiger partial charge < -0.3 is 4.74 Å². The van der Waals surface area contributed by atoms with Crippen LogP contribution in [0, 0.1) is 13.8 Å². The summed E-state index contributed by atoms with van der Waals surface area (Å²) in [5.41, 5.74) is 6.86. The summed E-state index contributed by atoms with van der Waals surface area (Å²) in [6.07, 6.45) is 1.90. The highest BCUT2D eigenvalue weighted by Gasteiger charge is 2.09. The zero-order valence-electron chi connectivity index (χ0n) is 11.1.